The summed E-state index contributed by atoms with van der Waals surface area (Å²) in [5.74, 6) is 0. The average Bonchev–Trinajstić information content (AvgIpc) is 3.70. The minimum absolute atomic E-state index is 0.595. The number of hydrogen-bond donors (Lipinski definition) is 0. The van der Waals surface area contributed by atoms with Gasteiger partial charge in [0.2, 0.25) is 0 Å². The smallest absolute Gasteiger partial charge is 0.124 e. The van der Waals surface area contributed by atoms with Crippen LogP contribution in [-0.2, 0) is 0 Å². The number of hydrogen-bond acceptors (Lipinski definition) is 5. The third-order valence-corrected chi connectivity index (χ3v) is 9.39. The molecule has 5 nitrogen and oxygen atoms in total. The first-order valence-electron chi connectivity index (χ1n) is 14.6. The molecule has 0 N–H and O–H groups in total. The fourth-order valence-electron chi connectivity index (χ4n) is 6.05. The lowest BCUT2D eigenvalue weighted by Crippen LogP contribution is -1.94. The predicted molar refractivity (Wildman–Crippen MR) is 184 cm³/mol. The van der Waals surface area contributed by atoms with Crippen molar-refractivity contribution in [1.82, 2.24) is 9.55 Å². The molecule has 8 aromatic rings. The van der Waals surface area contributed by atoms with Gasteiger partial charge in [-0.1, -0.05) is 30.3 Å². The summed E-state index contributed by atoms with van der Waals surface area (Å²) < 4.78 is 3.31. The van der Waals surface area contributed by atoms with Crippen LogP contribution in [0.5, 0.6) is 0 Å². The summed E-state index contributed by atoms with van der Waals surface area (Å²) >= 11 is 1.67. The van der Waals surface area contributed by atoms with Crippen molar-refractivity contribution in [2.45, 2.75) is 0 Å². The van der Waals surface area contributed by atoms with E-state index < -0.39 is 0 Å². The maximum absolute atomic E-state index is 9.74. The van der Waals surface area contributed by atoms with Crippen molar-refractivity contribution in [2.24, 2.45) is 0 Å². The molecule has 6 aromatic carbocycles. The quantitative estimate of drug-likeness (QED) is 0.200. The fraction of sp³-hybridized carbons (Fsp3) is 0. The normalized spacial score (nSPS) is 11.0. The zero-order valence-electron chi connectivity index (χ0n) is 24.3. The first kappa shape index (κ1) is 27.1. The van der Waals surface area contributed by atoms with Crippen molar-refractivity contribution < 1.29 is 0 Å². The molecular weight excluding hydrogens is 583 g/mol. The van der Waals surface area contributed by atoms with Crippen molar-refractivity contribution in [2.75, 3.05) is 0 Å². The highest BCUT2D eigenvalue weighted by Gasteiger charge is 2.16. The van der Waals surface area contributed by atoms with E-state index in [-0.39, 0.29) is 0 Å². The Morgan fingerprint density at radius 2 is 1.07 bits per heavy atom. The molecule has 2 heterocycles. The Morgan fingerprint density at radius 1 is 0.500 bits per heavy atom. The number of nitrogens with zero attached hydrogens (tertiary/aromatic N) is 5. The van der Waals surface area contributed by atoms with Gasteiger partial charge in [-0.3, -0.25) is 0 Å². The van der Waals surface area contributed by atoms with Gasteiger partial charge < -0.3 is 4.57 Å². The zero-order valence-corrected chi connectivity index (χ0v) is 25.1. The number of nitriles is 3. The summed E-state index contributed by atoms with van der Waals surface area (Å²) in [5.41, 5.74) is 10.9. The Bertz CT molecular complexity index is 2570. The zero-order chi connectivity index (χ0) is 31.2. The van der Waals surface area contributed by atoms with Crippen molar-refractivity contribution in [3.63, 3.8) is 0 Å². The number of fused-ring (bicyclic) bond motifs is 4. The maximum atomic E-state index is 9.74. The molecule has 0 unspecified atom stereocenters. The molecule has 8 rings (SSSR count). The monoisotopic (exact) mass is 603 g/mol. The molecule has 46 heavy (non-hydrogen) atoms. The molecule has 0 radical (unpaired) electrons. The van der Waals surface area contributed by atoms with E-state index in [0.717, 1.165) is 70.5 Å². The number of para-hydroxylation sites is 1. The van der Waals surface area contributed by atoms with Crippen LogP contribution in [-0.4, -0.2) is 9.55 Å². The first-order chi connectivity index (χ1) is 22.6. The molecule has 0 amide bonds. The van der Waals surface area contributed by atoms with Crippen molar-refractivity contribution in [3.8, 4) is 56.7 Å². The number of rotatable bonds is 4. The predicted octanol–water partition coefficient (Wildman–Crippen LogP) is 10.0. The summed E-state index contributed by atoms with van der Waals surface area (Å²) in [6.45, 7) is 0. The lowest BCUT2D eigenvalue weighted by molar-refractivity contribution is 1.18. The van der Waals surface area contributed by atoms with Gasteiger partial charge in [-0.15, -0.1) is 11.3 Å². The van der Waals surface area contributed by atoms with E-state index in [4.69, 9.17) is 4.98 Å². The Kier molecular flexibility index (Phi) is 6.40. The largest absolute Gasteiger partial charge is 0.309 e. The van der Waals surface area contributed by atoms with Crippen LogP contribution < -0.4 is 0 Å². The molecule has 212 valence electrons. The summed E-state index contributed by atoms with van der Waals surface area (Å²) in [4.78, 5) is 4.96. The minimum atomic E-state index is 0.595. The van der Waals surface area contributed by atoms with Crippen LogP contribution in [0.2, 0.25) is 0 Å². The molecule has 0 bridgehead atoms. The highest BCUT2D eigenvalue weighted by atomic mass is 32.1. The Morgan fingerprint density at radius 3 is 1.76 bits per heavy atom. The number of benzene rings is 6. The third-order valence-electron chi connectivity index (χ3n) is 8.30. The molecule has 6 heteroatoms. The second-order valence-corrected chi connectivity index (χ2v) is 12.1. The van der Waals surface area contributed by atoms with E-state index in [1.54, 1.807) is 11.3 Å². The first-order valence-corrected chi connectivity index (χ1v) is 15.4. The van der Waals surface area contributed by atoms with E-state index in [1.807, 2.05) is 84.9 Å². The van der Waals surface area contributed by atoms with Crippen LogP contribution in [0.1, 0.15) is 16.7 Å². The van der Waals surface area contributed by atoms with Gasteiger partial charge in [-0.25, -0.2) is 4.98 Å². The van der Waals surface area contributed by atoms with Crippen molar-refractivity contribution in [1.29, 1.82) is 15.8 Å². The standard InChI is InChI=1S/C40H21N5S/c41-22-25-5-10-28(11-6-25)30-18-31(20-32(19-30)40-44-36-3-1-2-4-39(36)46-40)29-12-16-38-35(21-29)34-17-27(24-43)9-15-37(34)45(38)33-13-7-26(23-42)8-14-33/h1-21H. The van der Waals surface area contributed by atoms with E-state index in [1.165, 1.54) is 0 Å². The minimum Gasteiger partial charge on any atom is -0.309 e. The van der Waals surface area contributed by atoms with Gasteiger partial charge >= 0.3 is 0 Å². The van der Waals surface area contributed by atoms with Crippen molar-refractivity contribution >= 4 is 43.4 Å². The lowest BCUT2D eigenvalue weighted by Gasteiger charge is -2.11. The molecule has 0 aliphatic rings. The molecule has 0 saturated heterocycles. The molecular formula is C40H21N5S. The van der Waals surface area contributed by atoms with Gasteiger partial charge in [0.15, 0.2) is 0 Å². The molecule has 0 aliphatic carbocycles. The molecule has 0 fully saturated rings. The van der Waals surface area contributed by atoms with E-state index in [0.29, 0.717) is 16.7 Å². The van der Waals surface area contributed by atoms with Gasteiger partial charge in [-0.2, -0.15) is 15.8 Å². The summed E-state index contributed by atoms with van der Waals surface area (Å²) in [5, 5.41) is 31.4. The second kappa shape index (κ2) is 10.9. The van der Waals surface area contributed by atoms with Crippen molar-refractivity contribution in [3.05, 3.63) is 144 Å². The fourth-order valence-corrected chi connectivity index (χ4v) is 7.01. The van der Waals surface area contributed by atoms with E-state index in [2.05, 4.69) is 65.2 Å². The van der Waals surface area contributed by atoms with E-state index in [9.17, 15) is 15.8 Å². The van der Waals surface area contributed by atoms with Crippen LogP contribution in [0.25, 0.3) is 70.5 Å². The van der Waals surface area contributed by atoms with Gasteiger partial charge in [0.25, 0.3) is 0 Å². The van der Waals surface area contributed by atoms with Crippen LogP contribution in [0.3, 0.4) is 0 Å². The maximum Gasteiger partial charge on any atom is 0.124 e. The Balaban J connectivity index is 1.35. The van der Waals surface area contributed by atoms with Crippen LogP contribution in [0.15, 0.2) is 127 Å². The van der Waals surface area contributed by atoms with Gasteiger partial charge in [0, 0.05) is 22.0 Å². The SMILES string of the molecule is N#Cc1ccc(-c2cc(-c3ccc4c(c3)c3cc(C#N)ccc3n4-c3ccc(C#N)cc3)cc(-c3nc4ccccc4s3)c2)cc1. The average molecular weight is 604 g/mol. The Labute approximate surface area is 268 Å². The molecule has 2 aromatic heterocycles. The summed E-state index contributed by atoms with van der Waals surface area (Å²) in [6, 6.07) is 48.8. The highest BCUT2D eigenvalue weighted by molar-refractivity contribution is 7.21. The molecule has 0 aliphatic heterocycles. The van der Waals surface area contributed by atoms with E-state index >= 15 is 0 Å². The molecule has 0 spiro atoms. The molecule has 0 atom stereocenters. The second-order valence-electron chi connectivity index (χ2n) is 11.0. The van der Waals surface area contributed by atoms with Crippen LogP contribution in [0.4, 0.5) is 0 Å². The van der Waals surface area contributed by atoms with Crippen LogP contribution in [0, 0.1) is 34.0 Å². The van der Waals surface area contributed by atoms with Crippen LogP contribution >= 0.6 is 11.3 Å². The topological polar surface area (TPSA) is 89.2 Å². The number of aromatic nitrogens is 2. The summed E-state index contributed by atoms with van der Waals surface area (Å²) in [6.07, 6.45) is 0. The summed E-state index contributed by atoms with van der Waals surface area (Å²) in [7, 11) is 0. The molecule has 0 saturated carbocycles. The van der Waals surface area contributed by atoms with Gasteiger partial charge in [0.1, 0.15) is 5.01 Å². The number of thiazole rings is 1. The van der Waals surface area contributed by atoms with Gasteiger partial charge in [0.05, 0.1) is 56.1 Å². The Hall–Kier alpha value is -6.52. The van der Waals surface area contributed by atoms with Gasteiger partial charge in [-0.05, 0) is 119 Å². The highest BCUT2D eigenvalue weighted by Crippen LogP contribution is 2.39. The third kappa shape index (κ3) is 4.57. The lowest BCUT2D eigenvalue weighted by atomic mass is 9.95.